The van der Waals surface area contributed by atoms with Gasteiger partial charge in [0.25, 0.3) is 5.91 Å². The molecule has 0 saturated heterocycles. The van der Waals surface area contributed by atoms with E-state index in [-0.39, 0.29) is 11.7 Å². The van der Waals surface area contributed by atoms with Gasteiger partial charge in [0.15, 0.2) is 0 Å². The van der Waals surface area contributed by atoms with E-state index in [9.17, 15) is 9.90 Å². The summed E-state index contributed by atoms with van der Waals surface area (Å²) in [6.45, 7) is 4.26. The summed E-state index contributed by atoms with van der Waals surface area (Å²) in [4.78, 5) is 15.0. The van der Waals surface area contributed by atoms with E-state index in [0.29, 0.717) is 17.6 Å². The molecule has 3 rings (SSSR count). The van der Waals surface area contributed by atoms with Crippen LogP contribution in [0.1, 0.15) is 61.4 Å². The predicted molar refractivity (Wildman–Crippen MR) is 83.5 cm³/mol. The first kappa shape index (κ1) is 14.4. The fourth-order valence-electron chi connectivity index (χ4n) is 3.46. The van der Waals surface area contributed by atoms with Gasteiger partial charge in [0.2, 0.25) is 0 Å². The van der Waals surface area contributed by atoms with Gasteiger partial charge < -0.3 is 10.0 Å². The summed E-state index contributed by atoms with van der Waals surface area (Å²) in [5.74, 6) is 0.920. The second-order valence-electron chi connectivity index (χ2n) is 6.88. The van der Waals surface area contributed by atoms with Gasteiger partial charge in [-0.2, -0.15) is 0 Å². The van der Waals surface area contributed by atoms with Crippen molar-refractivity contribution in [2.45, 2.75) is 64.5 Å². The molecular weight excluding hydrogens is 262 g/mol. The summed E-state index contributed by atoms with van der Waals surface area (Å²) in [6.07, 6.45) is 6.86. The van der Waals surface area contributed by atoms with E-state index in [2.05, 4.69) is 11.8 Å². The molecule has 0 spiro atoms. The lowest BCUT2D eigenvalue weighted by atomic mass is 9.86. The summed E-state index contributed by atoms with van der Waals surface area (Å²) in [5, 5.41) is 10.0. The quantitative estimate of drug-likeness (QED) is 0.916. The van der Waals surface area contributed by atoms with E-state index in [1.54, 1.807) is 6.07 Å². The molecule has 0 bridgehead atoms. The Morgan fingerprint density at radius 1 is 1.10 bits per heavy atom. The van der Waals surface area contributed by atoms with Crippen LogP contribution in [0.5, 0.6) is 5.75 Å². The zero-order chi connectivity index (χ0) is 15.0. The van der Waals surface area contributed by atoms with E-state index < -0.39 is 0 Å². The van der Waals surface area contributed by atoms with Crippen molar-refractivity contribution < 1.29 is 9.90 Å². The van der Waals surface area contributed by atoms with E-state index in [1.807, 2.05) is 19.1 Å². The Labute approximate surface area is 127 Å². The molecule has 1 amide bonds. The molecule has 3 nitrogen and oxygen atoms in total. The standard InChI is InChI=1S/C18H25NO2/c1-12-3-6-14(7-4-12)19(15-8-9-15)18(21)16-11-13(2)5-10-17(16)20/h5,10-12,14-15,20H,3-4,6-9H2,1-2H3. The smallest absolute Gasteiger partial charge is 0.258 e. The van der Waals surface area contributed by atoms with Crippen molar-refractivity contribution in [3.8, 4) is 5.75 Å². The molecule has 0 radical (unpaired) electrons. The number of hydrogen-bond donors (Lipinski definition) is 1. The van der Waals surface area contributed by atoms with Gasteiger partial charge in [-0.05, 0) is 63.5 Å². The lowest BCUT2D eigenvalue weighted by Gasteiger charge is -2.36. The Bertz CT molecular complexity index is 528. The number of carbonyl (C=O) groups excluding carboxylic acids is 1. The van der Waals surface area contributed by atoms with Crippen molar-refractivity contribution in [3.05, 3.63) is 29.3 Å². The van der Waals surface area contributed by atoms with Crippen LogP contribution in [0.4, 0.5) is 0 Å². The highest BCUT2D eigenvalue weighted by Gasteiger charge is 2.39. The van der Waals surface area contributed by atoms with Crippen LogP contribution in [0.2, 0.25) is 0 Å². The third-order valence-corrected chi connectivity index (χ3v) is 4.94. The third kappa shape index (κ3) is 3.07. The molecule has 114 valence electrons. The SMILES string of the molecule is Cc1ccc(O)c(C(=O)N(C2CCC(C)CC2)C2CC2)c1. The average Bonchev–Trinajstić information content (AvgIpc) is 3.28. The lowest BCUT2D eigenvalue weighted by Crippen LogP contribution is -2.43. The Kier molecular flexibility index (Phi) is 3.92. The fourth-order valence-corrected chi connectivity index (χ4v) is 3.46. The first-order chi connectivity index (χ1) is 10.1. The van der Waals surface area contributed by atoms with Gasteiger partial charge in [0.05, 0.1) is 5.56 Å². The monoisotopic (exact) mass is 287 g/mol. The number of benzene rings is 1. The molecule has 2 saturated carbocycles. The highest BCUT2D eigenvalue weighted by Crippen LogP contribution is 2.37. The molecule has 1 aromatic carbocycles. The number of rotatable bonds is 3. The summed E-state index contributed by atoms with van der Waals surface area (Å²) >= 11 is 0. The molecule has 2 aliphatic rings. The summed E-state index contributed by atoms with van der Waals surface area (Å²) in [7, 11) is 0. The molecule has 0 atom stereocenters. The number of aryl methyl sites for hydroxylation is 1. The van der Waals surface area contributed by atoms with Crippen LogP contribution >= 0.6 is 0 Å². The number of phenols is 1. The second-order valence-corrected chi connectivity index (χ2v) is 6.88. The maximum atomic E-state index is 12.9. The Hall–Kier alpha value is -1.51. The van der Waals surface area contributed by atoms with E-state index >= 15 is 0 Å². The molecule has 1 N–H and O–H groups in total. The van der Waals surface area contributed by atoms with Gasteiger partial charge >= 0.3 is 0 Å². The molecule has 3 heteroatoms. The fraction of sp³-hybridized carbons (Fsp3) is 0.611. The van der Waals surface area contributed by atoms with Gasteiger partial charge in [0.1, 0.15) is 5.75 Å². The first-order valence-corrected chi connectivity index (χ1v) is 8.18. The van der Waals surface area contributed by atoms with E-state index in [4.69, 9.17) is 0 Å². The van der Waals surface area contributed by atoms with E-state index in [1.165, 1.54) is 12.8 Å². The molecule has 2 aliphatic carbocycles. The predicted octanol–water partition coefficient (Wildman–Crippen LogP) is 3.88. The highest BCUT2D eigenvalue weighted by molar-refractivity contribution is 5.97. The summed E-state index contributed by atoms with van der Waals surface area (Å²) < 4.78 is 0. The zero-order valence-corrected chi connectivity index (χ0v) is 13.0. The highest BCUT2D eigenvalue weighted by atomic mass is 16.3. The molecule has 21 heavy (non-hydrogen) atoms. The van der Waals surface area contributed by atoms with Crippen molar-refractivity contribution in [2.75, 3.05) is 0 Å². The molecular formula is C18H25NO2. The lowest BCUT2D eigenvalue weighted by molar-refractivity contribution is 0.0590. The Balaban J connectivity index is 1.83. The van der Waals surface area contributed by atoms with Crippen molar-refractivity contribution in [1.29, 1.82) is 0 Å². The molecule has 1 aromatic rings. The number of phenolic OH excluding ortho intramolecular Hbond substituents is 1. The number of amides is 1. The van der Waals surface area contributed by atoms with Crippen LogP contribution in [0, 0.1) is 12.8 Å². The third-order valence-electron chi connectivity index (χ3n) is 4.94. The largest absolute Gasteiger partial charge is 0.507 e. The number of aromatic hydroxyl groups is 1. The number of nitrogens with zero attached hydrogens (tertiary/aromatic N) is 1. The topological polar surface area (TPSA) is 40.5 Å². The van der Waals surface area contributed by atoms with Crippen LogP contribution in [0.25, 0.3) is 0 Å². The summed E-state index contributed by atoms with van der Waals surface area (Å²) in [6, 6.07) is 6.06. The van der Waals surface area contributed by atoms with Gasteiger partial charge in [-0.1, -0.05) is 18.6 Å². The van der Waals surface area contributed by atoms with Crippen LogP contribution < -0.4 is 0 Å². The first-order valence-electron chi connectivity index (χ1n) is 8.18. The van der Waals surface area contributed by atoms with Gasteiger partial charge in [-0.3, -0.25) is 4.79 Å². The van der Waals surface area contributed by atoms with Crippen LogP contribution in [-0.4, -0.2) is 28.0 Å². The minimum atomic E-state index is 0.0262. The summed E-state index contributed by atoms with van der Waals surface area (Å²) in [5.41, 5.74) is 1.49. The second kappa shape index (κ2) is 5.70. The van der Waals surface area contributed by atoms with Crippen molar-refractivity contribution in [2.24, 2.45) is 5.92 Å². The molecule has 2 fully saturated rings. The molecule has 0 heterocycles. The molecule has 0 unspecified atom stereocenters. The van der Waals surface area contributed by atoms with E-state index in [0.717, 1.165) is 37.2 Å². The van der Waals surface area contributed by atoms with Crippen molar-refractivity contribution >= 4 is 5.91 Å². The number of hydrogen-bond acceptors (Lipinski definition) is 2. The number of carbonyl (C=O) groups is 1. The normalized spacial score (nSPS) is 25.6. The van der Waals surface area contributed by atoms with Crippen LogP contribution in [-0.2, 0) is 0 Å². The van der Waals surface area contributed by atoms with Gasteiger partial charge in [-0.25, -0.2) is 0 Å². The Morgan fingerprint density at radius 3 is 2.24 bits per heavy atom. The maximum Gasteiger partial charge on any atom is 0.258 e. The van der Waals surface area contributed by atoms with Crippen LogP contribution in [0.15, 0.2) is 18.2 Å². The van der Waals surface area contributed by atoms with Crippen LogP contribution in [0.3, 0.4) is 0 Å². The Morgan fingerprint density at radius 2 is 1.67 bits per heavy atom. The minimum absolute atomic E-state index is 0.0262. The zero-order valence-electron chi connectivity index (χ0n) is 13.0. The van der Waals surface area contributed by atoms with Gasteiger partial charge in [0, 0.05) is 12.1 Å². The minimum Gasteiger partial charge on any atom is -0.507 e. The average molecular weight is 287 g/mol. The van der Waals surface area contributed by atoms with Crippen molar-refractivity contribution in [1.82, 2.24) is 4.90 Å². The molecule has 0 aromatic heterocycles. The van der Waals surface area contributed by atoms with Crippen molar-refractivity contribution in [3.63, 3.8) is 0 Å². The van der Waals surface area contributed by atoms with Gasteiger partial charge in [-0.15, -0.1) is 0 Å². The maximum absolute atomic E-state index is 12.9. The molecule has 0 aliphatic heterocycles.